The number of anilines is 1. The first-order valence-corrected chi connectivity index (χ1v) is 8.42. The Hall–Kier alpha value is -2.51. The number of hydrogen-bond donors (Lipinski definition) is 1. The summed E-state index contributed by atoms with van der Waals surface area (Å²) in [5.41, 5.74) is 0.847. The van der Waals surface area contributed by atoms with Gasteiger partial charge in [0.1, 0.15) is 23.8 Å². The van der Waals surface area contributed by atoms with Gasteiger partial charge in [0, 0.05) is 32.5 Å². The number of aryl methyl sites for hydroxylation is 2. The van der Waals surface area contributed by atoms with Crippen LogP contribution in [0.25, 0.3) is 11.0 Å². The average Bonchev–Trinajstić information content (AvgIpc) is 3.17. The Balaban J connectivity index is 1.49. The van der Waals surface area contributed by atoms with E-state index in [0.717, 1.165) is 54.4 Å². The standard InChI is InChI=1S/C16H22N8/c1-10(2)15-22-21-13-5-4-11(8-24(13)15)6-17-14-12-7-20-23(3)16(12)19-9-18-14/h7,9-11H,4-6,8H2,1-3H3,(H,17,18,19). The predicted molar refractivity (Wildman–Crippen MR) is 90.7 cm³/mol. The van der Waals surface area contributed by atoms with Crippen molar-refractivity contribution in [2.24, 2.45) is 13.0 Å². The van der Waals surface area contributed by atoms with Crippen LogP contribution in [0.5, 0.6) is 0 Å². The largest absolute Gasteiger partial charge is 0.369 e. The molecule has 0 amide bonds. The third-order valence-electron chi connectivity index (χ3n) is 4.68. The van der Waals surface area contributed by atoms with E-state index in [1.165, 1.54) is 0 Å². The zero-order valence-corrected chi connectivity index (χ0v) is 14.3. The van der Waals surface area contributed by atoms with Crippen LogP contribution in [0.2, 0.25) is 0 Å². The molecule has 0 saturated heterocycles. The van der Waals surface area contributed by atoms with Crippen molar-refractivity contribution in [3.8, 4) is 0 Å². The molecule has 126 valence electrons. The van der Waals surface area contributed by atoms with Crippen LogP contribution in [0.15, 0.2) is 12.5 Å². The smallest absolute Gasteiger partial charge is 0.163 e. The Bertz CT molecular complexity index is 862. The normalized spacial score (nSPS) is 17.4. The van der Waals surface area contributed by atoms with E-state index < -0.39 is 0 Å². The lowest BCUT2D eigenvalue weighted by atomic mass is 9.98. The Morgan fingerprint density at radius 2 is 2.17 bits per heavy atom. The third-order valence-corrected chi connectivity index (χ3v) is 4.68. The topological polar surface area (TPSA) is 86.3 Å². The number of fused-ring (bicyclic) bond motifs is 2. The molecule has 24 heavy (non-hydrogen) atoms. The van der Waals surface area contributed by atoms with E-state index in [4.69, 9.17) is 0 Å². The van der Waals surface area contributed by atoms with Gasteiger partial charge in [-0.05, 0) is 12.3 Å². The van der Waals surface area contributed by atoms with Crippen molar-refractivity contribution in [1.29, 1.82) is 0 Å². The van der Waals surface area contributed by atoms with Crippen molar-refractivity contribution in [2.75, 3.05) is 11.9 Å². The fourth-order valence-corrected chi connectivity index (χ4v) is 3.35. The molecule has 1 N–H and O–H groups in total. The highest BCUT2D eigenvalue weighted by Gasteiger charge is 2.24. The van der Waals surface area contributed by atoms with Crippen molar-refractivity contribution >= 4 is 16.9 Å². The van der Waals surface area contributed by atoms with Crippen LogP contribution in [0.4, 0.5) is 5.82 Å². The third kappa shape index (κ3) is 2.51. The molecule has 4 heterocycles. The van der Waals surface area contributed by atoms with E-state index in [2.05, 4.69) is 49.0 Å². The van der Waals surface area contributed by atoms with Gasteiger partial charge in [-0.3, -0.25) is 4.68 Å². The molecular weight excluding hydrogens is 304 g/mol. The van der Waals surface area contributed by atoms with Crippen molar-refractivity contribution in [3.05, 3.63) is 24.2 Å². The summed E-state index contributed by atoms with van der Waals surface area (Å²) in [5.74, 6) is 3.99. The molecule has 1 atom stereocenters. The van der Waals surface area contributed by atoms with Crippen LogP contribution < -0.4 is 5.32 Å². The molecule has 1 aliphatic heterocycles. The van der Waals surface area contributed by atoms with Gasteiger partial charge in [-0.1, -0.05) is 13.8 Å². The number of rotatable bonds is 4. The zero-order valence-electron chi connectivity index (χ0n) is 14.3. The maximum absolute atomic E-state index is 4.38. The summed E-state index contributed by atoms with van der Waals surface area (Å²) in [5, 5.41) is 17.4. The van der Waals surface area contributed by atoms with Crippen LogP contribution in [0.3, 0.4) is 0 Å². The molecule has 0 bridgehead atoms. The van der Waals surface area contributed by atoms with Crippen LogP contribution in [-0.4, -0.2) is 41.1 Å². The van der Waals surface area contributed by atoms with E-state index in [1.54, 1.807) is 11.0 Å². The summed E-state index contributed by atoms with van der Waals surface area (Å²) >= 11 is 0. The Kier molecular flexibility index (Phi) is 3.66. The maximum Gasteiger partial charge on any atom is 0.163 e. The summed E-state index contributed by atoms with van der Waals surface area (Å²) in [7, 11) is 1.89. The van der Waals surface area contributed by atoms with Gasteiger partial charge in [0.25, 0.3) is 0 Å². The summed E-state index contributed by atoms with van der Waals surface area (Å²) in [6.45, 7) is 6.17. The minimum absolute atomic E-state index is 0.398. The molecule has 0 saturated carbocycles. The number of nitrogens with zero attached hydrogens (tertiary/aromatic N) is 7. The lowest BCUT2D eigenvalue weighted by Crippen LogP contribution is -2.27. The summed E-state index contributed by atoms with van der Waals surface area (Å²) in [6, 6.07) is 0. The molecule has 4 rings (SSSR count). The minimum Gasteiger partial charge on any atom is -0.369 e. The highest BCUT2D eigenvalue weighted by atomic mass is 15.3. The molecule has 0 radical (unpaired) electrons. The van der Waals surface area contributed by atoms with Gasteiger partial charge in [-0.2, -0.15) is 5.10 Å². The van der Waals surface area contributed by atoms with Crippen LogP contribution in [-0.2, 0) is 20.0 Å². The van der Waals surface area contributed by atoms with Gasteiger partial charge < -0.3 is 9.88 Å². The monoisotopic (exact) mass is 326 g/mol. The van der Waals surface area contributed by atoms with E-state index in [0.29, 0.717) is 11.8 Å². The van der Waals surface area contributed by atoms with Crippen LogP contribution in [0, 0.1) is 5.92 Å². The molecule has 0 aliphatic carbocycles. The van der Waals surface area contributed by atoms with Gasteiger partial charge in [-0.15, -0.1) is 10.2 Å². The molecule has 3 aromatic heterocycles. The molecule has 8 nitrogen and oxygen atoms in total. The van der Waals surface area contributed by atoms with E-state index in [-0.39, 0.29) is 0 Å². The van der Waals surface area contributed by atoms with E-state index in [9.17, 15) is 0 Å². The summed E-state index contributed by atoms with van der Waals surface area (Å²) in [6.07, 6.45) is 5.50. The number of nitrogens with one attached hydrogen (secondary N) is 1. The second-order valence-corrected chi connectivity index (χ2v) is 6.75. The SMILES string of the molecule is CC(C)c1nnc2n1CC(CNc1ncnc3c1cnn3C)CC2. The molecule has 0 fully saturated rings. The summed E-state index contributed by atoms with van der Waals surface area (Å²) < 4.78 is 4.06. The first-order chi connectivity index (χ1) is 11.6. The van der Waals surface area contributed by atoms with Gasteiger partial charge in [0.15, 0.2) is 5.65 Å². The quantitative estimate of drug-likeness (QED) is 0.786. The summed E-state index contributed by atoms with van der Waals surface area (Å²) in [4.78, 5) is 8.66. The second kappa shape index (κ2) is 5.85. The van der Waals surface area contributed by atoms with Crippen molar-refractivity contribution < 1.29 is 0 Å². The van der Waals surface area contributed by atoms with Crippen LogP contribution >= 0.6 is 0 Å². The number of aromatic nitrogens is 7. The highest BCUT2D eigenvalue weighted by molar-refractivity contribution is 5.85. The first kappa shape index (κ1) is 15.0. The molecule has 8 heteroatoms. The maximum atomic E-state index is 4.38. The average molecular weight is 326 g/mol. The van der Waals surface area contributed by atoms with Gasteiger partial charge in [0.2, 0.25) is 0 Å². The Morgan fingerprint density at radius 3 is 3.00 bits per heavy atom. The second-order valence-electron chi connectivity index (χ2n) is 6.75. The highest BCUT2D eigenvalue weighted by Crippen LogP contribution is 2.24. The Labute approximate surface area is 140 Å². The van der Waals surface area contributed by atoms with Crippen molar-refractivity contribution in [2.45, 2.75) is 39.2 Å². The first-order valence-electron chi connectivity index (χ1n) is 8.42. The van der Waals surface area contributed by atoms with Crippen LogP contribution in [0.1, 0.15) is 37.8 Å². The fourth-order valence-electron chi connectivity index (χ4n) is 3.35. The molecule has 0 aromatic carbocycles. The zero-order chi connectivity index (χ0) is 16.7. The van der Waals surface area contributed by atoms with Gasteiger partial charge in [0.05, 0.1) is 11.6 Å². The Morgan fingerprint density at radius 1 is 1.29 bits per heavy atom. The molecular formula is C16H22N8. The van der Waals surface area contributed by atoms with Gasteiger partial charge in [-0.25, -0.2) is 9.97 Å². The van der Waals surface area contributed by atoms with Crippen molar-refractivity contribution in [1.82, 2.24) is 34.5 Å². The molecule has 3 aromatic rings. The fraction of sp³-hybridized carbons (Fsp3) is 0.562. The minimum atomic E-state index is 0.398. The van der Waals surface area contributed by atoms with E-state index in [1.807, 2.05) is 13.2 Å². The lowest BCUT2D eigenvalue weighted by molar-refractivity contribution is 0.371. The number of hydrogen-bond acceptors (Lipinski definition) is 6. The van der Waals surface area contributed by atoms with E-state index >= 15 is 0 Å². The predicted octanol–water partition coefficient (Wildman–Crippen LogP) is 1.75. The lowest BCUT2D eigenvalue weighted by Gasteiger charge is -2.25. The molecule has 1 aliphatic rings. The molecule has 1 unspecified atom stereocenters. The molecule has 0 spiro atoms. The van der Waals surface area contributed by atoms with Crippen molar-refractivity contribution in [3.63, 3.8) is 0 Å². The van der Waals surface area contributed by atoms with Gasteiger partial charge >= 0.3 is 0 Å².